The van der Waals surface area contributed by atoms with Crippen molar-refractivity contribution in [1.29, 1.82) is 0 Å². The summed E-state index contributed by atoms with van der Waals surface area (Å²) in [4.78, 5) is 0. The largest absolute Gasteiger partial charge is 0.309 e. The Morgan fingerprint density at radius 1 is 0.262 bits per heavy atom. The third kappa shape index (κ3) is 7.85. The van der Waals surface area contributed by atoms with Crippen molar-refractivity contribution in [2.45, 2.75) is 52.4 Å². The second-order valence-corrected chi connectivity index (χ2v) is 24.7. The molecule has 2 aromatic heterocycles. The molecule has 0 saturated carbocycles. The number of hydrogen-bond donors (Lipinski definition) is 0. The van der Waals surface area contributed by atoms with Gasteiger partial charge in [0, 0.05) is 43.7 Å². The van der Waals surface area contributed by atoms with Gasteiger partial charge in [-0.15, -0.1) is 0 Å². The number of nitrogens with zero attached hydrogens (tertiary/aromatic N) is 2. The Morgan fingerprint density at radius 2 is 0.583 bits per heavy atom. The van der Waals surface area contributed by atoms with Crippen LogP contribution >= 0.6 is 0 Å². The summed E-state index contributed by atoms with van der Waals surface area (Å²) in [6.45, 7) is 14.0. The lowest BCUT2D eigenvalue weighted by molar-refractivity contribution is 0.660. The molecule has 0 spiro atoms. The molecule has 0 radical (unpaired) electrons. The van der Waals surface area contributed by atoms with Gasteiger partial charge in [-0.1, -0.05) is 210 Å². The number of aromatic nitrogens is 2. The van der Waals surface area contributed by atoms with Gasteiger partial charge in [0.1, 0.15) is 0 Å². The monoisotopic (exact) mass is 1070 g/mol. The molecule has 14 aromatic rings. The van der Waals surface area contributed by atoms with E-state index < -0.39 is 0 Å². The van der Waals surface area contributed by atoms with Gasteiger partial charge >= 0.3 is 0 Å². The highest BCUT2D eigenvalue weighted by Gasteiger charge is 2.38. The topological polar surface area (TPSA) is 9.86 Å². The smallest absolute Gasteiger partial charge is 0.0541 e. The number of rotatable bonds is 8. The molecule has 400 valence electrons. The van der Waals surface area contributed by atoms with Gasteiger partial charge in [-0.25, -0.2) is 0 Å². The second-order valence-electron chi connectivity index (χ2n) is 24.7. The van der Waals surface area contributed by atoms with Crippen molar-refractivity contribution in [3.05, 3.63) is 299 Å². The minimum Gasteiger partial charge on any atom is -0.309 e. The van der Waals surface area contributed by atoms with E-state index in [2.05, 4.69) is 318 Å². The van der Waals surface area contributed by atoms with E-state index in [1.54, 1.807) is 0 Å². The van der Waals surface area contributed by atoms with Gasteiger partial charge in [0.05, 0.1) is 22.1 Å². The minimum atomic E-state index is -0.171. The standard InChI is InChI=1S/C82H62N2/c1-51-42-52(2)44-64(43-51)84-78-19-13-11-17-70(78)72-46-58(35-41-80(72)84)60-31-37-66-68-39-33-62(50-76(68)82(5,6)74(66)48-60)61-32-38-67-65-36-30-59(47-73(65)81(3,4)75(67)49-61)56-28-24-54(25-29-56)21-20-53-22-26-55(27-23-53)57-34-40-79-71(45-57)69-16-10-12-18-77(69)83(79)63-14-8-7-9-15-63/h7-50H,1-6H3/b21-20+. The zero-order valence-corrected chi connectivity index (χ0v) is 48.3. The van der Waals surface area contributed by atoms with Gasteiger partial charge in [0.25, 0.3) is 0 Å². The van der Waals surface area contributed by atoms with Crippen LogP contribution in [0, 0.1) is 13.8 Å². The summed E-state index contributed by atoms with van der Waals surface area (Å²) in [6.07, 6.45) is 4.43. The van der Waals surface area contributed by atoms with Crippen LogP contribution in [0.4, 0.5) is 0 Å². The molecule has 0 aliphatic heterocycles. The molecule has 2 heterocycles. The zero-order valence-electron chi connectivity index (χ0n) is 48.3. The third-order valence-electron chi connectivity index (χ3n) is 18.8. The van der Waals surface area contributed by atoms with E-state index in [-0.39, 0.29) is 10.8 Å². The fourth-order valence-electron chi connectivity index (χ4n) is 14.5. The maximum Gasteiger partial charge on any atom is 0.0541 e. The van der Waals surface area contributed by atoms with Crippen molar-refractivity contribution >= 4 is 55.8 Å². The number of hydrogen-bond acceptors (Lipinski definition) is 0. The van der Waals surface area contributed by atoms with Gasteiger partial charge in [0.15, 0.2) is 0 Å². The van der Waals surface area contributed by atoms with Crippen LogP contribution in [0.5, 0.6) is 0 Å². The third-order valence-corrected chi connectivity index (χ3v) is 18.8. The molecule has 0 bridgehead atoms. The summed E-state index contributed by atoms with van der Waals surface area (Å²) in [5.41, 5.74) is 32.6. The molecule has 0 saturated heterocycles. The van der Waals surface area contributed by atoms with E-state index in [0.29, 0.717) is 0 Å². The normalized spacial score (nSPS) is 13.7. The molecular weight excluding hydrogens is 1010 g/mol. The first kappa shape index (κ1) is 49.8. The highest BCUT2D eigenvalue weighted by Crippen LogP contribution is 2.53. The average molecular weight is 1080 g/mol. The fraction of sp³-hybridized carbons (Fsp3) is 0.0976. The molecule has 2 aliphatic rings. The van der Waals surface area contributed by atoms with E-state index in [9.17, 15) is 0 Å². The van der Waals surface area contributed by atoms with Crippen LogP contribution in [-0.4, -0.2) is 9.13 Å². The van der Waals surface area contributed by atoms with Crippen LogP contribution < -0.4 is 0 Å². The van der Waals surface area contributed by atoms with Gasteiger partial charge in [-0.3, -0.25) is 0 Å². The van der Waals surface area contributed by atoms with Crippen molar-refractivity contribution in [2.24, 2.45) is 0 Å². The van der Waals surface area contributed by atoms with Crippen LogP contribution in [0.1, 0.15) is 72.2 Å². The predicted octanol–water partition coefficient (Wildman–Crippen LogP) is 21.9. The summed E-state index contributed by atoms with van der Waals surface area (Å²) in [5, 5.41) is 5.08. The van der Waals surface area contributed by atoms with Gasteiger partial charge in [0.2, 0.25) is 0 Å². The van der Waals surface area contributed by atoms with Crippen molar-refractivity contribution < 1.29 is 0 Å². The van der Waals surface area contributed by atoms with Gasteiger partial charge in [-0.05, 0) is 210 Å². The Kier molecular flexibility index (Phi) is 11.1. The maximum absolute atomic E-state index is 2.47. The Hall–Kier alpha value is -10.0. The predicted molar refractivity (Wildman–Crippen MR) is 357 cm³/mol. The van der Waals surface area contributed by atoms with Crippen LogP contribution in [0.15, 0.2) is 255 Å². The fourth-order valence-corrected chi connectivity index (χ4v) is 14.5. The summed E-state index contributed by atoms with van der Waals surface area (Å²) in [5.74, 6) is 0. The number of benzene rings is 12. The molecule has 0 fully saturated rings. The van der Waals surface area contributed by atoms with Crippen LogP contribution in [0.2, 0.25) is 0 Å². The summed E-state index contributed by atoms with van der Waals surface area (Å²) < 4.78 is 4.80. The Labute approximate surface area is 491 Å². The highest BCUT2D eigenvalue weighted by molar-refractivity contribution is 6.12. The van der Waals surface area contributed by atoms with E-state index in [1.165, 1.54) is 166 Å². The Balaban J connectivity index is 0.628. The first-order valence-electron chi connectivity index (χ1n) is 29.6. The first-order chi connectivity index (χ1) is 40.9. The van der Waals surface area contributed by atoms with Crippen molar-refractivity contribution in [2.75, 3.05) is 0 Å². The summed E-state index contributed by atoms with van der Waals surface area (Å²) in [7, 11) is 0. The lowest BCUT2D eigenvalue weighted by Gasteiger charge is -2.24. The highest BCUT2D eigenvalue weighted by atomic mass is 15.0. The molecule has 16 rings (SSSR count). The molecule has 0 amide bonds. The molecule has 84 heavy (non-hydrogen) atoms. The lowest BCUT2D eigenvalue weighted by Crippen LogP contribution is -2.15. The Morgan fingerprint density at radius 3 is 1.01 bits per heavy atom. The number of aryl methyl sites for hydroxylation is 2. The van der Waals surface area contributed by atoms with Gasteiger partial charge < -0.3 is 9.13 Å². The first-order valence-corrected chi connectivity index (χ1v) is 29.6. The number of para-hydroxylation sites is 3. The van der Waals surface area contributed by atoms with Crippen molar-refractivity contribution in [3.63, 3.8) is 0 Å². The lowest BCUT2D eigenvalue weighted by atomic mass is 9.79. The molecule has 2 heteroatoms. The molecule has 12 aromatic carbocycles. The molecular formula is C82H62N2. The maximum atomic E-state index is 2.47. The van der Waals surface area contributed by atoms with Crippen LogP contribution in [0.25, 0.3) is 134 Å². The molecule has 0 atom stereocenters. The van der Waals surface area contributed by atoms with Gasteiger partial charge in [-0.2, -0.15) is 0 Å². The minimum absolute atomic E-state index is 0.162. The van der Waals surface area contributed by atoms with E-state index in [1.807, 2.05) is 0 Å². The summed E-state index contributed by atoms with van der Waals surface area (Å²) in [6, 6.07) is 95.5. The summed E-state index contributed by atoms with van der Waals surface area (Å²) >= 11 is 0. The van der Waals surface area contributed by atoms with Crippen molar-refractivity contribution in [3.8, 4) is 78.1 Å². The molecule has 2 nitrogen and oxygen atoms in total. The van der Waals surface area contributed by atoms with E-state index in [4.69, 9.17) is 0 Å². The molecule has 2 aliphatic carbocycles. The molecule has 0 N–H and O–H groups in total. The van der Waals surface area contributed by atoms with Crippen LogP contribution in [0.3, 0.4) is 0 Å². The van der Waals surface area contributed by atoms with E-state index in [0.717, 1.165) is 0 Å². The SMILES string of the molecule is Cc1cc(C)cc(-n2c3ccccc3c3cc(-c4ccc5c(c4)C(C)(C)c4cc(-c6ccc7c(c6)C(C)(C)c6cc(-c8ccc(/C=C/c9ccc(-c%10ccc%11c(c%10)c%10ccccc%10n%11-c%10ccccc%10)cc9)cc8)ccc6-7)ccc4-5)ccc32)c1. The number of fused-ring (bicyclic) bond motifs is 12. The molecule has 0 unspecified atom stereocenters. The van der Waals surface area contributed by atoms with Crippen LogP contribution in [-0.2, 0) is 10.8 Å². The quantitative estimate of drug-likeness (QED) is 0.134. The van der Waals surface area contributed by atoms with Crippen molar-refractivity contribution in [1.82, 2.24) is 9.13 Å². The average Bonchev–Trinajstić information content (AvgIpc) is 3.31. The second kappa shape index (κ2) is 18.8. The Bertz CT molecular complexity index is 5040. The van der Waals surface area contributed by atoms with E-state index >= 15 is 0 Å². The zero-order chi connectivity index (χ0) is 56.6.